The molecule has 0 saturated carbocycles. The van der Waals surface area contributed by atoms with Crippen LogP contribution in [0.4, 0.5) is 0 Å². The van der Waals surface area contributed by atoms with Crippen molar-refractivity contribution in [3.8, 4) is 5.75 Å². The van der Waals surface area contributed by atoms with Crippen LogP contribution in [0.2, 0.25) is 0 Å². The largest absolute Gasteiger partial charge is 0.506 e. The van der Waals surface area contributed by atoms with E-state index in [1.165, 1.54) is 10.8 Å². The number of aryl methyl sites for hydroxylation is 2. The Morgan fingerprint density at radius 2 is 2.08 bits per heavy atom. The molecular formula is C18H14N4O3. The highest BCUT2D eigenvalue weighted by Crippen LogP contribution is 2.31. The first kappa shape index (κ1) is 15.1. The molecule has 2 aromatic heterocycles. The molecule has 1 aromatic carbocycles. The van der Waals surface area contributed by atoms with Gasteiger partial charge in [-0.05, 0) is 35.7 Å². The van der Waals surface area contributed by atoms with E-state index < -0.39 is 11.5 Å². The lowest BCUT2D eigenvalue weighted by Crippen LogP contribution is -2.30. The highest BCUT2D eigenvalue weighted by Gasteiger charge is 2.25. The summed E-state index contributed by atoms with van der Waals surface area (Å²) in [7, 11) is 0. The molecule has 3 aromatic rings. The quantitative estimate of drug-likeness (QED) is 0.559. The summed E-state index contributed by atoms with van der Waals surface area (Å²) < 4.78 is 1.53. The lowest BCUT2D eigenvalue weighted by molar-refractivity contribution is 0.0950. The lowest BCUT2D eigenvalue weighted by Gasteiger charge is -2.10. The molecule has 7 nitrogen and oxygen atoms in total. The number of aromatic nitrogens is 2. The molecule has 4 rings (SSSR count). The fraction of sp³-hybridized carbons (Fsp3) is 0.111. The third kappa shape index (κ3) is 2.46. The maximum atomic E-state index is 12.6. The summed E-state index contributed by atoms with van der Waals surface area (Å²) in [5.41, 5.74) is 3.94. The Hall–Kier alpha value is -3.48. The number of carbonyl (C=O) groups is 1. The van der Waals surface area contributed by atoms with Crippen LogP contribution < -0.4 is 11.0 Å². The maximum absolute atomic E-state index is 12.6. The van der Waals surface area contributed by atoms with Gasteiger partial charge in [0.2, 0.25) is 0 Å². The van der Waals surface area contributed by atoms with Gasteiger partial charge in [0, 0.05) is 24.3 Å². The summed E-state index contributed by atoms with van der Waals surface area (Å²) in [5.74, 6) is -1.05. The predicted octanol–water partition coefficient (Wildman–Crippen LogP) is 1.42. The van der Waals surface area contributed by atoms with Crippen molar-refractivity contribution in [3.63, 3.8) is 0 Å². The van der Waals surface area contributed by atoms with Crippen molar-refractivity contribution in [2.24, 2.45) is 5.10 Å². The molecule has 1 amide bonds. The SMILES string of the molecule is O=C(N/N=C/c1ccncc1)c1c(O)c2cccc3c2n(c1=O)CC3. The molecule has 124 valence electrons. The number of pyridine rings is 2. The number of hydrogen-bond donors (Lipinski definition) is 2. The van der Waals surface area contributed by atoms with Crippen LogP contribution in [0.15, 0.2) is 52.6 Å². The number of hydrogen-bond acceptors (Lipinski definition) is 5. The molecule has 3 heterocycles. The van der Waals surface area contributed by atoms with Crippen LogP contribution in [0.3, 0.4) is 0 Å². The molecule has 1 aliphatic heterocycles. The molecule has 0 spiro atoms. The molecule has 25 heavy (non-hydrogen) atoms. The molecule has 0 saturated heterocycles. The number of benzene rings is 1. The topological polar surface area (TPSA) is 96.6 Å². The Kier molecular flexibility index (Phi) is 3.53. The minimum absolute atomic E-state index is 0.293. The first-order valence-corrected chi connectivity index (χ1v) is 7.77. The van der Waals surface area contributed by atoms with E-state index in [0.717, 1.165) is 11.1 Å². The molecule has 1 aliphatic rings. The number of para-hydroxylation sites is 1. The summed E-state index contributed by atoms with van der Waals surface area (Å²) in [6.07, 6.45) is 5.35. The maximum Gasteiger partial charge on any atom is 0.280 e. The van der Waals surface area contributed by atoms with Crippen molar-refractivity contribution in [1.82, 2.24) is 15.0 Å². The average Bonchev–Trinajstić information content (AvgIpc) is 3.06. The van der Waals surface area contributed by atoms with Crippen LogP contribution in [0.1, 0.15) is 21.5 Å². The van der Waals surface area contributed by atoms with Gasteiger partial charge in [0.15, 0.2) is 0 Å². The van der Waals surface area contributed by atoms with Gasteiger partial charge in [0.05, 0.1) is 11.7 Å². The zero-order valence-electron chi connectivity index (χ0n) is 13.1. The normalized spacial score (nSPS) is 12.8. The van der Waals surface area contributed by atoms with Gasteiger partial charge < -0.3 is 9.67 Å². The Bertz CT molecular complexity index is 1070. The third-order valence-electron chi connectivity index (χ3n) is 4.26. The zero-order valence-corrected chi connectivity index (χ0v) is 13.1. The van der Waals surface area contributed by atoms with Crippen molar-refractivity contribution in [3.05, 3.63) is 69.8 Å². The number of nitrogens with one attached hydrogen (secondary N) is 1. The lowest BCUT2D eigenvalue weighted by atomic mass is 10.1. The minimum Gasteiger partial charge on any atom is -0.506 e. The molecular weight excluding hydrogens is 320 g/mol. The Balaban J connectivity index is 1.72. The van der Waals surface area contributed by atoms with Crippen LogP contribution >= 0.6 is 0 Å². The van der Waals surface area contributed by atoms with E-state index in [4.69, 9.17) is 0 Å². The van der Waals surface area contributed by atoms with E-state index in [-0.39, 0.29) is 11.3 Å². The van der Waals surface area contributed by atoms with E-state index in [1.807, 2.05) is 6.07 Å². The van der Waals surface area contributed by atoms with Gasteiger partial charge in [0.1, 0.15) is 11.3 Å². The van der Waals surface area contributed by atoms with Crippen LogP contribution in [-0.2, 0) is 13.0 Å². The van der Waals surface area contributed by atoms with E-state index in [9.17, 15) is 14.7 Å². The van der Waals surface area contributed by atoms with Gasteiger partial charge >= 0.3 is 0 Å². The van der Waals surface area contributed by atoms with E-state index in [1.54, 1.807) is 36.7 Å². The Morgan fingerprint density at radius 3 is 2.88 bits per heavy atom. The van der Waals surface area contributed by atoms with Crippen molar-refractivity contribution < 1.29 is 9.90 Å². The second kappa shape index (κ2) is 5.86. The highest BCUT2D eigenvalue weighted by molar-refractivity contribution is 6.03. The van der Waals surface area contributed by atoms with Crippen molar-refractivity contribution >= 4 is 23.0 Å². The molecule has 0 aliphatic carbocycles. The molecule has 0 atom stereocenters. The summed E-state index contributed by atoms with van der Waals surface area (Å²) in [6, 6.07) is 8.87. The van der Waals surface area contributed by atoms with Gasteiger partial charge in [0.25, 0.3) is 11.5 Å². The molecule has 0 fully saturated rings. The van der Waals surface area contributed by atoms with Crippen LogP contribution in [-0.4, -0.2) is 26.8 Å². The third-order valence-corrected chi connectivity index (χ3v) is 4.26. The monoisotopic (exact) mass is 334 g/mol. The Morgan fingerprint density at radius 1 is 1.28 bits per heavy atom. The standard InChI is InChI=1S/C18H14N4O3/c23-16-13-3-1-2-12-6-9-22(15(12)13)18(25)14(16)17(24)21-20-10-11-4-7-19-8-5-11/h1-5,7-8,10,23H,6,9H2,(H,21,24)/b20-10+. The van der Waals surface area contributed by atoms with E-state index >= 15 is 0 Å². The van der Waals surface area contributed by atoms with Gasteiger partial charge in [-0.15, -0.1) is 0 Å². The molecule has 0 unspecified atom stereocenters. The number of carbonyl (C=O) groups excluding carboxylic acids is 1. The average molecular weight is 334 g/mol. The number of rotatable bonds is 3. The van der Waals surface area contributed by atoms with Gasteiger partial charge in [-0.2, -0.15) is 5.10 Å². The Labute approximate surface area is 142 Å². The summed E-state index contributed by atoms with van der Waals surface area (Å²) in [5, 5.41) is 14.8. The molecule has 7 heteroatoms. The first-order valence-electron chi connectivity index (χ1n) is 7.77. The second-order valence-corrected chi connectivity index (χ2v) is 5.72. The van der Waals surface area contributed by atoms with E-state index in [2.05, 4.69) is 15.5 Å². The summed E-state index contributed by atoms with van der Waals surface area (Å²) >= 11 is 0. The summed E-state index contributed by atoms with van der Waals surface area (Å²) in [6.45, 7) is 0.496. The fourth-order valence-corrected chi connectivity index (χ4v) is 3.10. The molecule has 0 bridgehead atoms. The zero-order chi connectivity index (χ0) is 17.4. The number of aromatic hydroxyl groups is 1. The van der Waals surface area contributed by atoms with Gasteiger partial charge in [-0.3, -0.25) is 14.6 Å². The smallest absolute Gasteiger partial charge is 0.280 e. The van der Waals surface area contributed by atoms with Crippen LogP contribution in [0, 0.1) is 0 Å². The molecule has 0 radical (unpaired) electrons. The summed E-state index contributed by atoms with van der Waals surface area (Å²) in [4.78, 5) is 28.9. The molecule has 2 N–H and O–H groups in total. The van der Waals surface area contributed by atoms with Gasteiger partial charge in [-0.1, -0.05) is 12.1 Å². The van der Waals surface area contributed by atoms with Crippen molar-refractivity contribution in [1.29, 1.82) is 0 Å². The predicted molar refractivity (Wildman–Crippen MR) is 92.9 cm³/mol. The van der Waals surface area contributed by atoms with Crippen LogP contribution in [0.25, 0.3) is 10.9 Å². The van der Waals surface area contributed by atoms with E-state index in [0.29, 0.717) is 23.9 Å². The second-order valence-electron chi connectivity index (χ2n) is 5.72. The fourth-order valence-electron chi connectivity index (χ4n) is 3.10. The highest BCUT2D eigenvalue weighted by atomic mass is 16.3. The van der Waals surface area contributed by atoms with Crippen molar-refractivity contribution in [2.75, 3.05) is 0 Å². The number of hydrazone groups is 1. The number of nitrogens with zero attached hydrogens (tertiary/aromatic N) is 3. The van der Waals surface area contributed by atoms with Crippen LogP contribution in [0.5, 0.6) is 5.75 Å². The number of amides is 1. The first-order chi connectivity index (χ1) is 12.2. The minimum atomic E-state index is -0.740. The van der Waals surface area contributed by atoms with Crippen molar-refractivity contribution in [2.45, 2.75) is 13.0 Å². The van der Waals surface area contributed by atoms with Gasteiger partial charge in [-0.25, -0.2) is 5.43 Å².